The highest BCUT2D eigenvalue weighted by atomic mass is 35.5. The van der Waals surface area contributed by atoms with Gasteiger partial charge in [0.05, 0.1) is 23.8 Å². The molecule has 0 spiro atoms. The van der Waals surface area contributed by atoms with Crippen LogP contribution in [0.1, 0.15) is 42.5 Å². The Morgan fingerprint density at radius 2 is 1.95 bits per heavy atom. The number of oxime groups is 1. The van der Waals surface area contributed by atoms with Crippen molar-refractivity contribution in [1.82, 2.24) is 0 Å². The Morgan fingerprint density at radius 3 is 2.48 bits per heavy atom. The number of carbonyl (C=O) groups is 1. The van der Waals surface area contributed by atoms with E-state index in [0.717, 1.165) is 31.4 Å². The summed E-state index contributed by atoms with van der Waals surface area (Å²) in [4.78, 5) is 10.4. The molecule has 1 aromatic rings. The van der Waals surface area contributed by atoms with Crippen LogP contribution in [0.2, 0.25) is 0 Å². The van der Waals surface area contributed by atoms with E-state index in [4.69, 9.17) is 26.7 Å². The van der Waals surface area contributed by atoms with Crippen molar-refractivity contribution in [3.8, 4) is 5.75 Å². The Balaban J connectivity index is 0.000000211. The van der Waals surface area contributed by atoms with E-state index >= 15 is 0 Å². The van der Waals surface area contributed by atoms with E-state index in [1.165, 1.54) is 25.7 Å². The monoisotopic (exact) mass is 313 g/mol. The van der Waals surface area contributed by atoms with Crippen LogP contribution in [0, 0.1) is 0 Å². The maximum Gasteiger partial charge on any atom is 0.335 e. The molecule has 0 aromatic heterocycles. The number of hydrogen-bond acceptors (Lipinski definition) is 4. The minimum Gasteiger partial charge on any atom is -0.497 e. The molecule has 0 bridgehead atoms. The van der Waals surface area contributed by atoms with Gasteiger partial charge >= 0.3 is 5.97 Å². The summed E-state index contributed by atoms with van der Waals surface area (Å²) in [6, 6.07) is 6.23. The number of nitrogens with zero attached hydrogens (tertiary/aromatic N) is 1. The Bertz CT molecular complexity index is 473. The van der Waals surface area contributed by atoms with E-state index in [1.807, 2.05) is 0 Å². The molecule has 2 N–H and O–H groups in total. The fourth-order valence-corrected chi connectivity index (χ4v) is 2.28. The minimum absolute atomic E-state index is 0.0208. The van der Waals surface area contributed by atoms with E-state index in [1.54, 1.807) is 12.1 Å². The molecule has 1 aliphatic rings. The van der Waals surface area contributed by atoms with Gasteiger partial charge in [0.1, 0.15) is 5.75 Å². The highest BCUT2D eigenvalue weighted by Crippen LogP contribution is 2.19. The second kappa shape index (κ2) is 9.23. The summed E-state index contributed by atoms with van der Waals surface area (Å²) in [5.41, 5.74) is 1.03. The number of halogens is 1. The number of ether oxygens (including phenoxy) is 1. The van der Waals surface area contributed by atoms with Crippen LogP contribution in [0.3, 0.4) is 0 Å². The molecule has 6 heteroatoms. The van der Waals surface area contributed by atoms with Gasteiger partial charge in [-0.1, -0.05) is 18.0 Å². The molecule has 2 rings (SSSR count). The molecule has 116 valence electrons. The van der Waals surface area contributed by atoms with Crippen molar-refractivity contribution in [3.05, 3.63) is 29.8 Å². The fraction of sp³-hybridized carbons (Fsp3) is 0.467. The van der Waals surface area contributed by atoms with E-state index < -0.39 is 5.97 Å². The van der Waals surface area contributed by atoms with Crippen molar-refractivity contribution >= 4 is 23.3 Å². The average molecular weight is 314 g/mol. The highest BCUT2D eigenvalue weighted by Gasteiger charge is 2.16. The molecule has 0 saturated heterocycles. The standard InChI is InChI=1S/C8H8O3.C7H12ClNO/c1-11-7-4-2-6(3-5-7)8(9)10;8-6-4-2-1-3-5-7(6)9-10/h2-5H,1H3,(H,9,10);6,10H,1-5H2/b;9-7-. The number of rotatable bonds is 2. The molecule has 1 saturated carbocycles. The molecule has 0 heterocycles. The van der Waals surface area contributed by atoms with Crippen molar-refractivity contribution in [2.75, 3.05) is 7.11 Å². The first-order valence-corrected chi connectivity index (χ1v) is 7.24. The van der Waals surface area contributed by atoms with Crippen molar-refractivity contribution in [2.45, 2.75) is 37.5 Å². The van der Waals surface area contributed by atoms with Crippen LogP contribution in [-0.2, 0) is 0 Å². The summed E-state index contributed by atoms with van der Waals surface area (Å²) in [6.07, 6.45) is 5.31. The SMILES string of the molecule is COc1ccc(C(=O)O)cc1.O/N=C1/CCCCCC1Cl. The molecule has 5 nitrogen and oxygen atoms in total. The van der Waals surface area contributed by atoms with Crippen LogP contribution in [0.15, 0.2) is 29.4 Å². The zero-order valence-corrected chi connectivity index (χ0v) is 12.7. The van der Waals surface area contributed by atoms with Crippen molar-refractivity contribution < 1.29 is 19.8 Å². The zero-order valence-electron chi connectivity index (χ0n) is 12.0. The Morgan fingerprint density at radius 1 is 1.29 bits per heavy atom. The first-order valence-electron chi connectivity index (χ1n) is 6.80. The quantitative estimate of drug-likeness (QED) is 0.377. The molecular formula is C15H20ClNO4. The van der Waals surface area contributed by atoms with Gasteiger partial charge in [0.15, 0.2) is 0 Å². The van der Waals surface area contributed by atoms with Crippen molar-refractivity contribution in [2.24, 2.45) is 5.16 Å². The van der Waals surface area contributed by atoms with Crippen LogP contribution in [0.5, 0.6) is 5.75 Å². The third-order valence-electron chi connectivity index (χ3n) is 3.22. The molecular weight excluding hydrogens is 294 g/mol. The summed E-state index contributed by atoms with van der Waals surface area (Å²) in [6.45, 7) is 0. The van der Waals surface area contributed by atoms with Crippen LogP contribution >= 0.6 is 11.6 Å². The molecule has 1 aromatic carbocycles. The Hall–Kier alpha value is -1.75. The second-order valence-corrected chi connectivity index (χ2v) is 5.22. The van der Waals surface area contributed by atoms with E-state index in [0.29, 0.717) is 5.75 Å². The zero-order chi connectivity index (χ0) is 15.7. The lowest BCUT2D eigenvalue weighted by Gasteiger charge is -2.04. The van der Waals surface area contributed by atoms with Crippen molar-refractivity contribution in [3.63, 3.8) is 0 Å². The number of alkyl halides is 1. The summed E-state index contributed by atoms with van der Waals surface area (Å²) in [5.74, 6) is -0.261. The van der Waals surface area contributed by atoms with Gasteiger partial charge in [-0.3, -0.25) is 0 Å². The Kier molecular flexibility index (Phi) is 7.61. The lowest BCUT2D eigenvalue weighted by atomic mass is 10.2. The lowest BCUT2D eigenvalue weighted by Crippen LogP contribution is -2.11. The molecule has 0 radical (unpaired) electrons. The number of carboxylic acids is 1. The van der Waals surface area contributed by atoms with Gasteiger partial charge in [-0.05, 0) is 43.5 Å². The van der Waals surface area contributed by atoms with Crippen LogP contribution in [0.25, 0.3) is 0 Å². The predicted molar refractivity (Wildman–Crippen MR) is 81.9 cm³/mol. The molecule has 1 atom stereocenters. The van der Waals surface area contributed by atoms with Crippen LogP contribution < -0.4 is 4.74 Å². The number of hydrogen-bond donors (Lipinski definition) is 2. The molecule has 0 aliphatic heterocycles. The first kappa shape index (κ1) is 17.3. The highest BCUT2D eigenvalue weighted by molar-refractivity contribution is 6.32. The van der Waals surface area contributed by atoms with Crippen molar-refractivity contribution in [1.29, 1.82) is 0 Å². The van der Waals surface area contributed by atoms with Gasteiger partial charge < -0.3 is 15.1 Å². The molecule has 1 aliphatic carbocycles. The largest absolute Gasteiger partial charge is 0.497 e. The smallest absolute Gasteiger partial charge is 0.335 e. The van der Waals surface area contributed by atoms with Gasteiger partial charge in [-0.15, -0.1) is 11.6 Å². The summed E-state index contributed by atoms with van der Waals surface area (Å²) in [7, 11) is 1.54. The van der Waals surface area contributed by atoms with Gasteiger partial charge in [-0.2, -0.15) is 0 Å². The fourth-order valence-electron chi connectivity index (χ4n) is 1.98. The maximum absolute atomic E-state index is 10.4. The van der Waals surface area contributed by atoms with Gasteiger partial charge in [0.2, 0.25) is 0 Å². The van der Waals surface area contributed by atoms with E-state index in [2.05, 4.69) is 5.16 Å². The molecule has 21 heavy (non-hydrogen) atoms. The van der Waals surface area contributed by atoms with Gasteiger partial charge in [-0.25, -0.2) is 4.79 Å². The minimum atomic E-state index is -0.923. The predicted octanol–water partition coefficient (Wildman–Crippen LogP) is 3.78. The summed E-state index contributed by atoms with van der Waals surface area (Å²) < 4.78 is 4.86. The third-order valence-corrected chi connectivity index (χ3v) is 3.69. The third kappa shape index (κ3) is 6.04. The average Bonchev–Trinajstić information content (AvgIpc) is 2.72. The maximum atomic E-state index is 10.4. The number of aromatic carboxylic acids is 1. The van der Waals surface area contributed by atoms with Gasteiger partial charge in [0, 0.05) is 0 Å². The summed E-state index contributed by atoms with van der Waals surface area (Å²) >= 11 is 5.90. The molecule has 1 fully saturated rings. The number of benzene rings is 1. The van der Waals surface area contributed by atoms with E-state index in [9.17, 15) is 4.79 Å². The number of methoxy groups -OCH3 is 1. The lowest BCUT2D eigenvalue weighted by molar-refractivity contribution is 0.0697. The second-order valence-electron chi connectivity index (χ2n) is 4.69. The van der Waals surface area contributed by atoms with Crippen LogP contribution in [-0.4, -0.2) is 34.5 Å². The van der Waals surface area contributed by atoms with Crippen LogP contribution in [0.4, 0.5) is 0 Å². The summed E-state index contributed by atoms with van der Waals surface area (Å²) in [5, 5.41) is 20.1. The van der Waals surface area contributed by atoms with Gasteiger partial charge in [0.25, 0.3) is 0 Å². The van der Waals surface area contributed by atoms with E-state index in [-0.39, 0.29) is 10.9 Å². The topological polar surface area (TPSA) is 79.1 Å². The normalized spacial score (nSPS) is 20.1. The number of carboxylic acid groups (broad SMARTS) is 1. The Labute approximate surface area is 129 Å². The first-order chi connectivity index (χ1) is 10.1. The molecule has 1 unspecified atom stereocenters. The molecule has 0 amide bonds.